The molecule has 110 valence electrons. The van der Waals surface area contributed by atoms with Crippen LogP contribution in [0.5, 0.6) is 0 Å². The molecule has 2 rings (SSSR count). The quantitative estimate of drug-likeness (QED) is 0.813. The molecule has 0 aliphatic carbocycles. The van der Waals surface area contributed by atoms with Crippen LogP contribution in [-0.4, -0.2) is 35.1 Å². The van der Waals surface area contributed by atoms with Crippen molar-refractivity contribution in [2.24, 2.45) is 0 Å². The van der Waals surface area contributed by atoms with E-state index in [1.165, 1.54) is 0 Å². The van der Waals surface area contributed by atoms with E-state index in [1.807, 2.05) is 13.0 Å². The Morgan fingerprint density at radius 1 is 1.45 bits per heavy atom. The van der Waals surface area contributed by atoms with Crippen molar-refractivity contribution in [1.29, 1.82) is 0 Å². The van der Waals surface area contributed by atoms with E-state index in [0.29, 0.717) is 17.8 Å². The van der Waals surface area contributed by atoms with E-state index in [1.54, 1.807) is 11.0 Å². The second kappa shape index (κ2) is 6.59. The summed E-state index contributed by atoms with van der Waals surface area (Å²) in [6.07, 6.45) is 4.03. The highest BCUT2D eigenvalue weighted by Gasteiger charge is 2.27. The first kappa shape index (κ1) is 15.3. The molecule has 1 aromatic rings. The summed E-state index contributed by atoms with van der Waals surface area (Å²) in [6, 6.07) is 3.54. The van der Waals surface area contributed by atoms with Crippen molar-refractivity contribution in [2.75, 3.05) is 18.9 Å². The van der Waals surface area contributed by atoms with E-state index < -0.39 is 0 Å². The van der Waals surface area contributed by atoms with Gasteiger partial charge in [0.1, 0.15) is 0 Å². The third kappa shape index (κ3) is 3.15. The van der Waals surface area contributed by atoms with Crippen LogP contribution in [0.15, 0.2) is 16.6 Å². The summed E-state index contributed by atoms with van der Waals surface area (Å²) in [4.78, 5) is 14.6. The van der Waals surface area contributed by atoms with E-state index in [2.05, 4.69) is 15.9 Å². The highest BCUT2D eigenvalue weighted by atomic mass is 79.9. The molecule has 0 spiro atoms. The molecule has 1 saturated heterocycles. The van der Waals surface area contributed by atoms with E-state index in [9.17, 15) is 9.90 Å². The molecule has 0 bridgehead atoms. The average molecular weight is 341 g/mol. The van der Waals surface area contributed by atoms with Crippen molar-refractivity contribution >= 4 is 27.5 Å². The van der Waals surface area contributed by atoms with Gasteiger partial charge < -0.3 is 15.7 Å². The fraction of sp³-hybridized carbons (Fsp3) is 0.533. The summed E-state index contributed by atoms with van der Waals surface area (Å²) < 4.78 is 0.805. The number of hydrogen-bond donors (Lipinski definition) is 2. The maximum absolute atomic E-state index is 12.8. The summed E-state index contributed by atoms with van der Waals surface area (Å²) in [5, 5.41) is 9.53. The molecule has 1 amide bonds. The Hall–Kier alpha value is -1.07. The maximum atomic E-state index is 12.8. The number of nitrogens with zero attached hydrogens (tertiary/aromatic N) is 1. The number of nitrogen functional groups attached to an aromatic ring is 1. The Bertz CT molecular complexity index is 505. The van der Waals surface area contributed by atoms with Crippen LogP contribution in [0.4, 0.5) is 5.69 Å². The van der Waals surface area contributed by atoms with Gasteiger partial charge in [-0.15, -0.1) is 0 Å². The fourth-order valence-corrected chi connectivity index (χ4v) is 3.19. The third-order valence-electron chi connectivity index (χ3n) is 3.99. The van der Waals surface area contributed by atoms with Gasteiger partial charge in [-0.05, 0) is 37.5 Å². The molecule has 1 aromatic carbocycles. The van der Waals surface area contributed by atoms with Crippen LogP contribution in [0.2, 0.25) is 0 Å². The number of carbonyl (C=O) groups is 1. The zero-order valence-electron chi connectivity index (χ0n) is 11.7. The number of aliphatic hydroxyl groups is 1. The monoisotopic (exact) mass is 340 g/mol. The van der Waals surface area contributed by atoms with Crippen LogP contribution in [-0.2, 0) is 0 Å². The van der Waals surface area contributed by atoms with Gasteiger partial charge in [0.25, 0.3) is 5.91 Å². The van der Waals surface area contributed by atoms with Crippen LogP contribution in [0, 0.1) is 6.92 Å². The second-order valence-corrected chi connectivity index (χ2v) is 6.27. The highest BCUT2D eigenvalue weighted by molar-refractivity contribution is 9.10. The smallest absolute Gasteiger partial charge is 0.254 e. The minimum absolute atomic E-state index is 0.0221. The van der Waals surface area contributed by atoms with Crippen molar-refractivity contribution in [2.45, 2.75) is 38.6 Å². The molecule has 1 heterocycles. The van der Waals surface area contributed by atoms with Gasteiger partial charge in [-0.3, -0.25) is 4.79 Å². The van der Waals surface area contributed by atoms with Crippen LogP contribution in [0.25, 0.3) is 0 Å². The molecule has 4 nitrogen and oxygen atoms in total. The Morgan fingerprint density at radius 3 is 2.90 bits per heavy atom. The molecule has 5 heteroatoms. The number of likely N-dealkylation sites (tertiary alicyclic amines) is 1. The zero-order chi connectivity index (χ0) is 14.7. The predicted molar refractivity (Wildman–Crippen MR) is 83.7 cm³/mol. The van der Waals surface area contributed by atoms with E-state index in [4.69, 9.17) is 5.73 Å². The number of halogens is 1. The van der Waals surface area contributed by atoms with Crippen LogP contribution < -0.4 is 5.73 Å². The number of anilines is 1. The van der Waals surface area contributed by atoms with Gasteiger partial charge in [0, 0.05) is 22.3 Å². The second-order valence-electron chi connectivity index (χ2n) is 5.35. The lowest BCUT2D eigenvalue weighted by Crippen LogP contribution is -2.42. The van der Waals surface area contributed by atoms with Crippen molar-refractivity contribution in [1.82, 2.24) is 4.90 Å². The molecule has 3 N–H and O–H groups in total. The fourth-order valence-electron chi connectivity index (χ4n) is 2.71. The third-order valence-corrected chi connectivity index (χ3v) is 4.45. The van der Waals surface area contributed by atoms with E-state index in [-0.39, 0.29) is 18.6 Å². The van der Waals surface area contributed by atoms with Gasteiger partial charge >= 0.3 is 0 Å². The summed E-state index contributed by atoms with van der Waals surface area (Å²) in [6.45, 7) is 2.59. The summed E-state index contributed by atoms with van der Waals surface area (Å²) in [5.41, 5.74) is 7.97. The number of amides is 1. The van der Waals surface area contributed by atoms with Crippen LogP contribution in [0.3, 0.4) is 0 Å². The van der Waals surface area contributed by atoms with Gasteiger partial charge in [-0.25, -0.2) is 0 Å². The summed E-state index contributed by atoms with van der Waals surface area (Å²) in [7, 11) is 0. The topological polar surface area (TPSA) is 66.6 Å². The van der Waals surface area contributed by atoms with E-state index in [0.717, 1.165) is 35.7 Å². The SMILES string of the molecule is Cc1c(N)cc(Br)cc1C(=O)N1CCCCCC1CO. The summed E-state index contributed by atoms with van der Waals surface area (Å²) >= 11 is 3.39. The van der Waals surface area contributed by atoms with Gasteiger partial charge in [0.2, 0.25) is 0 Å². The Labute approximate surface area is 128 Å². The Balaban J connectivity index is 2.33. The molecule has 1 aliphatic heterocycles. The minimum Gasteiger partial charge on any atom is -0.398 e. The molecule has 1 unspecified atom stereocenters. The van der Waals surface area contributed by atoms with Gasteiger partial charge in [0.05, 0.1) is 12.6 Å². The average Bonchev–Trinajstić information content (AvgIpc) is 2.67. The Morgan fingerprint density at radius 2 is 2.20 bits per heavy atom. The molecule has 1 aliphatic rings. The normalized spacial score (nSPS) is 19.8. The highest BCUT2D eigenvalue weighted by Crippen LogP contribution is 2.26. The van der Waals surface area contributed by atoms with Gasteiger partial charge in [-0.2, -0.15) is 0 Å². The number of aliphatic hydroxyl groups excluding tert-OH is 1. The molecule has 1 fully saturated rings. The molecule has 0 aromatic heterocycles. The zero-order valence-corrected chi connectivity index (χ0v) is 13.3. The lowest BCUT2D eigenvalue weighted by Gasteiger charge is -2.29. The van der Waals surface area contributed by atoms with Gasteiger partial charge in [-0.1, -0.05) is 28.8 Å². The Kier molecular flexibility index (Phi) is 5.05. The van der Waals surface area contributed by atoms with Crippen LogP contribution >= 0.6 is 15.9 Å². The van der Waals surface area contributed by atoms with Crippen molar-refractivity contribution < 1.29 is 9.90 Å². The van der Waals surface area contributed by atoms with Crippen molar-refractivity contribution in [3.8, 4) is 0 Å². The van der Waals surface area contributed by atoms with Crippen molar-refractivity contribution in [3.05, 3.63) is 27.7 Å². The number of nitrogens with two attached hydrogens (primary N) is 1. The predicted octanol–water partition coefficient (Wildman–Crippen LogP) is 2.72. The number of benzene rings is 1. The molecule has 0 radical (unpaired) electrons. The first-order valence-electron chi connectivity index (χ1n) is 7.02. The number of rotatable bonds is 2. The van der Waals surface area contributed by atoms with E-state index >= 15 is 0 Å². The molecule has 0 saturated carbocycles. The number of carbonyl (C=O) groups excluding carboxylic acids is 1. The van der Waals surface area contributed by atoms with Crippen molar-refractivity contribution in [3.63, 3.8) is 0 Å². The van der Waals surface area contributed by atoms with Gasteiger partial charge in [0.15, 0.2) is 0 Å². The standard InChI is InChI=1S/C15H21BrN2O2/c1-10-13(7-11(16)8-14(10)17)15(20)18-6-4-2-3-5-12(18)9-19/h7-8,12,19H,2-6,9,17H2,1H3. The first-order chi connectivity index (χ1) is 9.54. The maximum Gasteiger partial charge on any atom is 0.254 e. The van der Waals surface area contributed by atoms with Crippen LogP contribution in [0.1, 0.15) is 41.6 Å². The largest absolute Gasteiger partial charge is 0.398 e. The molecular formula is C15H21BrN2O2. The molecule has 1 atom stereocenters. The minimum atomic E-state index is -0.0791. The number of hydrogen-bond acceptors (Lipinski definition) is 3. The summed E-state index contributed by atoms with van der Waals surface area (Å²) in [5.74, 6) is -0.0311. The lowest BCUT2D eigenvalue weighted by molar-refractivity contribution is 0.0599. The lowest BCUT2D eigenvalue weighted by atomic mass is 10.0. The first-order valence-corrected chi connectivity index (χ1v) is 7.81. The molecular weight excluding hydrogens is 320 g/mol. The molecule has 20 heavy (non-hydrogen) atoms.